The summed E-state index contributed by atoms with van der Waals surface area (Å²) in [5.74, 6) is 3.61. The third kappa shape index (κ3) is 5.53. The molecule has 0 aromatic carbocycles. The molecular formula is C23H44B. The largest absolute Gasteiger partial charge is 0.121 e. The van der Waals surface area contributed by atoms with Crippen molar-refractivity contribution >= 4 is 7.28 Å². The lowest BCUT2D eigenvalue weighted by molar-refractivity contribution is 0.178. The number of rotatable bonds is 3. The summed E-state index contributed by atoms with van der Waals surface area (Å²) >= 11 is 0. The summed E-state index contributed by atoms with van der Waals surface area (Å²) in [5.41, 5.74) is 0.928. The summed E-state index contributed by atoms with van der Waals surface area (Å²) in [5, 5.41) is 0.381. The molecule has 0 N–H and O–H groups in total. The number of hydrogen-bond donors (Lipinski definition) is 0. The highest BCUT2D eigenvalue weighted by molar-refractivity contribution is 6.42. The second-order valence-electron chi connectivity index (χ2n) is 11.9. The zero-order valence-electron chi connectivity index (χ0n) is 18.0. The molecule has 1 heterocycles. The highest BCUT2D eigenvalue weighted by Gasteiger charge is 2.45. The highest BCUT2D eigenvalue weighted by Crippen LogP contribution is 2.56. The minimum absolute atomic E-state index is 0.381. The van der Waals surface area contributed by atoms with E-state index in [0.29, 0.717) is 16.1 Å². The van der Waals surface area contributed by atoms with Crippen LogP contribution in [0, 0.1) is 28.6 Å². The van der Waals surface area contributed by atoms with E-state index < -0.39 is 0 Å². The highest BCUT2D eigenvalue weighted by atomic mass is 14.4. The van der Waals surface area contributed by atoms with E-state index in [1.807, 2.05) is 0 Å². The molecule has 0 aromatic heterocycles. The minimum Gasteiger partial charge on any atom is -0.0671 e. The van der Waals surface area contributed by atoms with Crippen molar-refractivity contribution < 1.29 is 0 Å². The molecule has 2 fully saturated rings. The molecule has 0 spiro atoms. The molecule has 2 bridgehead atoms. The normalized spacial score (nSPS) is 36.2. The summed E-state index contributed by atoms with van der Waals surface area (Å²) in [7, 11) is 2.80. The van der Waals surface area contributed by atoms with Crippen LogP contribution in [0.1, 0.15) is 107 Å². The predicted molar refractivity (Wildman–Crippen MR) is 110 cm³/mol. The van der Waals surface area contributed by atoms with Crippen molar-refractivity contribution in [3.8, 4) is 0 Å². The summed E-state index contributed by atoms with van der Waals surface area (Å²) in [6.07, 6.45) is 11.5. The van der Waals surface area contributed by atoms with Crippen molar-refractivity contribution in [3.63, 3.8) is 0 Å². The van der Waals surface area contributed by atoms with Crippen molar-refractivity contribution in [1.29, 1.82) is 0 Å². The average Bonchev–Trinajstić information content (AvgIpc) is 2.51. The molecule has 1 heteroatoms. The van der Waals surface area contributed by atoms with Gasteiger partial charge in [-0.2, -0.15) is 0 Å². The average molecular weight is 331 g/mol. The van der Waals surface area contributed by atoms with Gasteiger partial charge in [-0.1, -0.05) is 98.6 Å². The van der Waals surface area contributed by atoms with Crippen LogP contribution >= 0.6 is 0 Å². The second-order valence-corrected chi connectivity index (χ2v) is 11.9. The van der Waals surface area contributed by atoms with Gasteiger partial charge < -0.3 is 0 Å². The molecule has 0 amide bonds. The summed E-state index contributed by atoms with van der Waals surface area (Å²) in [6, 6.07) is 0. The van der Waals surface area contributed by atoms with Gasteiger partial charge in [0.2, 0.25) is 0 Å². The van der Waals surface area contributed by atoms with Gasteiger partial charge in [-0.25, -0.2) is 0 Å². The fourth-order valence-corrected chi connectivity index (χ4v) is 6.55. The zero-order valence-corrected chi connectivity index (χ0v) is 18.0. The van der Waals surface area contributed by atoms with Gasteiger partial charge >= 0.3 is 0 Å². The van der Waals surface area contributed by atoms with Crippen LogP contribution in [0.25, 0.3) is 0 Å². The SMILES string of the molecule is CCCCC1CC2CC([B]C(C)(C)CC(C)(C)C2)C(C(C)(C)C)C1. The van der Waals surface area contributed by atoms with E-state index in [9.17, 15) is 0 Å². The first-order valence-corrected chi connectivity index (χ1v) is 10.8. The number of fused-ring (bicyclic) bond motifs is 2. The number of unbranched alkanes of at least 4 members (excludes halogenated alkanes) is 1. The molecule has 2 aliphatic rings. The van der Waals surface area contributed by atoms with Gasteiger partial charge in [0.1, 0.15) is 7.28 Å². The van der Waals surface area contributed by atoms with Crippen molar-refractivity contribution in [2.45, 2.75) is 118 Å². The Bertz CT molecular complexity index is 401. The van der Waals surface area contributed by atoms with Gasteiger partial charge in [-0.15, -0.1) is 0 Å². The van der Waals surface area contributed by atoms with Crippen LogP contribution in [0.4, 0.5) is 0 Å². The van der Waals surface area contributed by atoms with E-state index >= 15 is 0 Å². The molecule has 1 saturated carbocycles. The molecule has 4 unspecified atom stereocenters. The monoisotopic (exact) mass is 331 g/mol. The van der Waals surface area contributed by atoms with Crippen molar-refractivity contribution in [3.05, 3.63) is 0 Å². The quantitative estimate of drug-likeness (QED) is 0.463. The lowest BCUT2D eigenvalue weighted by Crippen LogP contribution is -2.36. The van der Waals surface area contributed by atoms with E-state index in [0.717, 1.165) is 23.6 Å². The first-order chi connectivity index (χ1) is 10.9. The standard InChI is InChI=1S/C23H44B/c1-9-10-11-17-12-18-14-20(19(13-17)21(2,3)4)24-23(7,8)16-22(5,6)15-18/h17-20H,9-16H2,1-8H3. The molecule has 0 aromatic rings. The molecule has 4 atom stereocenters. The molecule has 1 saturated heterocycles. The van der Waals surface area contributed by atoms with Crippen LogP contribution in [0.3, 0.4) is 0 Å². The Morgan fingerprint density at radius 1 is 1.00 bits per heavy atom. The van der Waals surface area contributed by atoms with Gasteiger partial charge in [0.25, 0.3) is 0 Å². The Balaban J connectivity index is 2.29. The van der Waals surface area contributed by atoms with E-state index in [2.05, 4.69) is 62.7 Å². The van der Waals surface area contributed by atoms with Gasteiger partial charge in [-0.05, 0) is 47.8 Å². The third-order valence-electron chi connectivity index (χ3n) is 6.90. The number of hydrogen-bond acceptors (Lipinski definition) is 0. The van der Waals surface area contributed by atoms with Gasteiger partial charge in [0, 0.05) is 0 Å². The first-order valence-electron chi connectivity index (χ1n) is 10.8. The fraction of sp³-hybridized carbons (Fsp3) is 1.00. The molecule has 24 heavy (non-hydrogen) atoms. The van der Waals surface area contributed by atoms with Crippen LogP contribution in [0.5, 0.6) is 0 Å². The smallest absolute Gasteiger partial charge is 0.0671 e. The first kappa shape index (κ1) is 20.4. The van der Waals surface area contributed by atoms with E-state index in [1.165, 1.54) is 51.4 Å². The summed E-state index contributed by atoms with van der Waals surface area (Å²) in [4.78, 5) is 0. The molecule has 2 rings (SSSR count). The molecule has 139 valence electrons. The molecule has 1 aliphatic carbocycles. The maximum atomic E-state index is 2.80. The fourth-order valence-electron chi connectivity index (χ4n) is 6.55. The van der Waals surface area contributed by atoms with Gasteiger partial charge in [0.15, 0.2) is 0 Å². The Labute approximate surface area is 154 Å². The molecule has 0 nitrogen and oxygen atoms in total. The molecular weight excluding hydrogens is 287 g/mol. The zero-order chi connectivity index (χ0) is 18.2. The van der Waals surface area contributed by atoms with Gasteiger partial charge in [-0.3, -0.25) is 0 Å². The summed E-state index contributed by atoms with van der Waals surface area (Å²) < 4.78 is 0. The van der Waals surface area contributed by atoms with Crippen molar-refractivity contribution in [1.82, 2.24) is 0 Å². The Kier molecular flexibility index (Phi) is 6.25. The van der Waals surface area contributed by atoms with Crippen LogP contribution in [-0.4, -0.2) is 7.28 Å². The Morgan fingerprint density at radius 2 is 1.67 bits per heavy atom. The van der Waals surface area contributed by atoms with E-state index in [1.54, 1.807) is 0 Å². The lowest BCUT2D eigenvalue weighted by atomic mass is 9.38. The van der Waals surface area contributed by atoms with Crippen LogP contribution < -0.4 is 0 Å². The maximum Gasteiger partial charge on any atom is 0.121 e. The minimum atomic E-state index is 0.381. The maximum absolute atomic E-state index is 2.80. The van der Waals surface area contributed by atoms with Crippen LogP contribution in [-0.2, 0) is 0 Å². The Morgan fingerprint density at radius 3 is 2.25 bits per heavy atom. The summed E-state index contributed by atoms with van der Waals surface area (Å²) in [6.45, 7) is 19.9. The lowest BCUT2D eigenvalue weighted by Gasteiger charge is -2.45. The third-order valence-corrected chi connectivity index (χ3v) is 6.90. The predicted octanol–water partition coefficient (Wildman–Crippen LogP) is 7.77. The van der Waals surface area contributed by atoms with E-state index in [-0.39, 0.29) is 0 Å². The Hall–Kier alpha value is 0.0649. The molecule has 1 radical (unpaired) electrons. The topological polar surface area (TPSA) is 0 Å². The van der Waals surface area contributed by atoms with Crippen LogP contribution in [0.15, 0.2) is 0 Å². The van der Waals surface area contributed by atoms with Crippen molar-refractivity contribution in [2.75, 3.05) is 0 Å². The second kappa shape index (κ2) is 7.36. The molecule has 1 aliphatic heterocycles. The van der Waals surface area contributed by atoms with Crippen LogP contribution in [0.2, 0.25) is 11.1 Å². The van der Waals surface area contributed by atoms with Crippen molar-refractivity contribution in [2.24, 2.45) is 28.6 Å². The van der Waals surface area contributed by atoms with E-state index in [4.69, 9.17) is 0 Å². The van der Waals surface area contributed by atoms with Gasteiger partial charge in [0.05, 0.1) is 0 Å².